The van der Waals surface area contributed by atoms with Crippen molar-refractivity contribution in [3.05, 3.63) is 46.4 Å². The Bertz CT molecular complexity index is 694. The third kappa shape index (κ3) is 2.45. The number of nitrogens with one attached hydrogen (secondary N) is 1. The van der Waals surface area contributed by atoms with Gasteiger partial charge in [0.2, 0.25) is 0 Å². The molecule has 1 heterocycles. The van der Waals surface area contributed by atoms with Gasteiger partial charge < -0.3 is 9.84 Å². The number of methoxy groups -OCH3 is 1. The van der Waals surface area contributed by atoms with Crippen molar-refractivity contribution >= 4 is 5.91 Å². The molecule has 1 amide bonds. The molecule has 20 heavy (non-hydrogen) atoms. The molecule has 0 aliphatic heterocycles. The number of carbonyl (C=O) groups is 1. The highest BCUT2D eigenvalue weighted by atomic mass is 16.5. The monoisotopic (exact) mass is 276 g/mol. The highest BCUT2D eigenvalue weighted by Crippen LogP contribution is 2.15. The Kier molecular flexibility index (Phi) is 3.67. The average molecular weight is 276 g/mol. The lowest BCUT2D eigenvalue weighted by atomic mass is 10.3. The Morgan fingerprint density at radius 2 is 2.05 bits per heavy atom. The third-order valence-corrected chi connectivity index (χ3v) is 2.57. The summed E-state index contributed by atoms with van der Waals surface area (Å²) in [5.74, 6) is 4.25. The number of hydrogen-bond donors (Lipinski definition) is 3. The molecule has 0 bridgehead atoms. The van der Waals surface area contributed by atoms with Crippen LogP contribution in [-0.4, -0.2) is 27.9 Å². The largest absolute Gasteiger partial charge is 0.505 e. The first-order valence-electron chi connectivity index (χ1n) is 5.55. The van der Waals surface area contributed by atoms with Gasteiger partial charge in [0, 0.05) is 6.07 Å². The Morgan fingerprint density at radius 1 is 1.40 bits per heavy atom. The van der Waals surface area contributed by atoms with Gasteiger partial charge in [0.25, 0.3) is 11.5 Å². The molecular formula is C12H12N4O4. The van der Waals surface area contributed by atoms with E-state index in [9.17, 15) is 14.7 Å². The average Bonchev–Trinajstić information content (AvgIpc) is 2.47. The smallest absolute Gasteiger partial charge is 0.289 e. The summed E-state index contributed by atoms with van der Waals surface area (Å²) in [6.45, 7) is 0. The van der Waals surface area contributed by atoms with Gasteiger partial charge in [-0.15, -0.1) is 0 Å². The number of nitrogens with zero attached hydrogens (tertiary/aromatic N) is 2. The van der Waals surface area contributed by atoms with Gasteiger partial charge in [-0.1, -0.05) is 0 Å². The molecule has 0 unspecified atom stereocenters. The number of nitrogens with two attached hydrogens (primary N) is 1. The first-order chi connectivity index (χ1) is 9.56. The van der Waals surface area contributed by atoms with E-state index in [4.69, 9.17) is 10.6 Å². The number of hydrogen-bond acceptors (Lipinski definition) is 6. The van der Waals surface area contributed by atoms with E-state index in [0.717, 1.165) is 10.7 Å². The molecule has 0 aliphatic rings. The predicted octanol–water partition coefficient (Wildman–Crippen LogP) is -0.450. The molecule has 4 N–H and O–H groups in total. The van der Waals surface area contributed by atoms with Crippen LogP contribution in [0.25, 0.3) is 5.69 Å². The van der Waals surface area contributed by atoms with E-state index in [2.05, 4.69) is 5.10 Å². The molecular weight excluding hydrogens is 264 g/mol. The maximum Gasteiger partial charge on any atom is 0.289 e. The highest BCUT2D eigenvalue weighted by molar-refractivity contribution is 5.94. The Hall–Kier alpha value is -2.87. The minimum Gasteiger partial charge on any atom is -0.505 e. The first kappa shape index (κ1) is 13.6. The van der Waals surface area contributed by atoms with Gasteiger partial charge in [0.05, 0.1) is 12.8 Å². The molecule has 1 aromatic heterocycles. The van der Waals surface area contributed by atoms with Crippen molar-refractivity contribution in [1.82, 2.24) is 15.2 Å². The second-order valence-electron chi connectivity index (χ2n) is 3.80. The van der Waals surface area contributed by atoms with Gasteiger partial charge >= 0.3 is 0 Å². The van der Waals surface area contributed by atoms with E-state index >= 15 is 0 Å². The Balaban J connectivity index is 2.55. The zero-order valence-electron chi connectivity index (χ0n) is 10.5. The maximum atomic E-state index is 11.8. The van der Waals surface area contributed by atoms with Crippen molar-refractivity contribution in [3.63, 3.8) is 0 Å². The lowest BCUT2D eigenvalue weighted by Gasteiger charge is -2.08. The molecule has 8 nitrogen and oxygen atoms in total. The van der Waals surface area contributed by atoms with Crippen LogP contribution in [0.5, 0.6) is 11.5 Å². The number of hydrazine groups is 1. The third-order valence-electron chi connectivity index (χ3n) is 2.57. The summed E-state index contributed by atoms with van der Waals surface area (Å²) >= 11 is 0. The molecule has 2 aromatic rings. The van der Waals surface area contributed by atoms with E-state index in [1.807, 2.05) is 5.43 Å². The Morgan fingerprint density at radius 3 is 2.60 bits per heavy atom. The van der Waals surface area contributed by atoms with E-state index in [1.165, 1.54) is 7.11 Å². The summed E-state index contributed by atoms with van der Waals surface area (Å²) in [7, 11) is 1.52. The van der Waals surface area contributed by atoms with Gasteiger partial charge in [0.15, 0.2) is 11.4 Å². The lowest BCUT2D eigenvalue weighted by molar-refractivity contribution is 0.0943. The van der Waals surface area contributed by atoms with E-state index in [0.29, 0.717) is 11.4 Å². The first-order valence-corrected chi connectivity index (χ1v) is 5.55. The number of aromatic nitrogens is 2. The molecule has 0 aliphatic carbocycles. The van der Waals surface area contributed by atoms with Crippen molar-refractivity contribution in [2.45, 2.75) is 0 Å². The van der Waals surface area contributed by atoms with Gasteiger partial charge in [0.1, 0.15) is 5.75 Å². The van der Waals surface area contributed by atoms with Crippen molar-refractivity contribution in [3.8, 4) is 17.2 Å². The van der Waals surface area contributed by atoms with Crippen LogP contribution in [0.3, 0.4) is 0 Å². The minimum absolute atomic E-state index is 0.345. The highest BCUT2D eigenvalue weighted by Gasteiger charge is 2.15. The fourth-order valence-electron chi connectivity index (χ4n) is 1.59. The van der Waals surface area contributed by atoms with Crippen LogP contribution in [0, 0.1) is 0 Å². The minimum atomic E-state index is -0.801. The normalized spacial score (nSPS) is 10.1. The molecule has 0 saturated heterocycles. The summed E-state index contributed by atoms with van der Waals surface area (Å²) in [4.78, 5) is 23.2. The van der Waals surface area contributed by atoms with E-state index in [1.54, 1.807) is 24.3 Å². The van der Waals surface area contributed by atoms with Crippen LogP contribution in [-0.2, 0) is 0 Å². The van der Waals surface area contributed by atoms with E-state index in [-0.39, 0.29) is 5.69 Å². The molecule has 104 valence electrons. The number of aromatic hydroxyl groups is 1. The Labute approximate surface area is 113 Å². The maximum absolute atomic E-state index is 11.8. The molecule has 8 heteroatoms. The standard InChI is InChI=1S/C12H12N4O4/c1-20-8-4-2-7(3-5-8)16-10(18)6-9(17)11(15-16)12(19)14-13/h2-6,17H,13H2,1H3,(H,14,19). The molecule has 0 saturated carbocycles. The van der Waals surface area contributed by atoms with Crippen molar-refractivity contribution in [2.24, 2.45) is 5.84 Å². The van der Waals surface area contributed by atoms with Crippen LogP contribution in [0.2, 0.25) is 0 Å². The lowest BCUT2D eigenvalue weighted by Crippen LogP contribution is -2.33. The van der Waals surface area contributed by atoms with Crippen LogP contribution in [0.1, 0.15) is 10.5 Å². The summed E-state index contributed by atoms with van der Waals surface area (Å²) in [6, 6.07) is 7.35. The van der Waals surface area contributed by atoms with Gasteiger partial charge in [-0.2, -0.15) is 9.78 Å². The zero-order chi connectivity index (χ0) is 14.7. The van der Waals surface area contributed by atoms with Crippen LogP contribution < -0.4 is 21.6 Å². The van der Waals surface area contributed by atoms with Gasteiger partial charge in [-0.05, 0) is 24.3 Å². The van der Waals surface area contributed by atoms with Crippen molar-refractivity contribution < 1.29 is 14.6 Å². The molecule has 1 aromatic carbocycles. The molecule has 0 spiro atoms. The van der Waals surface area contributed by atoms with Crippen molar-refractivity contribution in [2.75, 3.05) is 7.11 Å². The molecule has 0 radical (unpaired) electrons. The van der Waals surface area contributed by atoms with Gasteiger partial charge in [-0.3, -0.25) is 15.0 Å². The van der Waals surface area contributed by atoms with E-state index < -0.39 is 17.2 Å². The summed E-state index contributed by atoms with van der Waals surface area (Å²) in [6.07, 6.45) is 0. The molecule has 0 fully saturated rings. The number of amides is 1. The quantitative estimate of drug-likeness (QED) is 0.397. The molecule has 2 rings (SSSR count). The van der Waals surface area contributed by atoms with Crippen molar-refractivity contribution in [1.29, 1.82) is 0 Å². The molecule has 0 atom stereocenters. The fraction of sp³-hybridized carbons (Fsp3) is 0.0833. The predicted molar refractivity (Wildman–Crippen MR) is 69.7 cm³/mol. The second kappa shape index (κ2) is 5.41. The number of ether oxygens (including phenoxy) is 1. The number of benzene rings is 1. The number of rotatable bonds is 3. The van der Waals surface area contributed by atoms with Crippen LogP contribution in [0.15, 0.2) is 35.1 Å². The topological polar surface area (TPSA) is 119 Å². The number of carbonyl (C=O) groups excluding carboxylic acids is 1. The zero-order valence-corrected chi connectivity index (χ0v) is 10.5. The van der Waals surface area contributed by atoms with Gasteiger partial charge in [-0.25, -0.2) is 5.84 Å². The summed E-state index contributed by atoms with van der Waals surface area (Å²) < 4.78 is 5.98. The fourth-order valence-corrected chi connectivity index (χ4v) is 1.59. The second-order valence-corrected chi connectivity index (χ2v) is 3.80. The number of nitrogen functional groups attached to an aromatic ring is 1. The van der Waals surface area contributed by atoms with Crippen LogP contribution in [0.4, 0.5) is 0 Å². The summed E-state index contributed by atoms with van der Waals surface area (Å²) in [5, 5.41) is 13.3. The summed E-state index contributed by atoms with van der Waals surface area (Å²) in [5.41, 5.74) is 1.33. The van der Waals surface area contributed by atoms with Crippen LogP contribution >= 0.6 is 0 Å². The SMILES string of the molecule is COc1ccc(-n2nc(C(=O)NN)c(O)cc2=O)cc1.